The van der Waals surface area contributed by atoms with Gasteiger partial charge in [0.2, 0.25) is 0 Å². The summed E-state index contributed by atoms with van der Waals surface area (Å²) in [4.78, 5) is 0. The van der Waals surface area contributed by atoms with E-state index >= 15 is 0 Å². The van der Waals surface area contributed by atoms with Crippen LogP contribution in [-0.4, -0.2) is 12.6 Å². The van der Waals surface area contributed by atoms with Gasteiger partial charge in [0.25, 0.3) is 0 Å². The molecule has 1 N–H and O–H groups in total. The molecule has 0 fully saturated rings. The predicted octanol–water partition coefficient (Wildman–Crippen LogP) is 2.74. The van der Waals surface area contributed by atoms with Crippen LogP contribution in [-0.2, 0) is 5.41 Å². The Morgan fingerprint density at radius 1 is 1.35 bits per heavy atom. The Balaban J connectivity index is 2.82. The maximum Gasteiger partial charge on any atom is 0.159 e. The maximum atomic E-state index is 13.1. The molecule has 17 heavy (non-hydrogen) atoms. The predicted molar refractivity (Wildman–Crippen MR) is 62.5 cm³/mol. The molecule has 1 atom stereocenters. The molecule has 0 spiro atoms. The molecule has 1 rings (SSSR count). The van der Waals surface area contributed by atoms with E-state index in [4.69, 9.17) is 5.26 Å². The summed E-state index contributed by atoms with van der Waals surface area (Å²) in [6.45, 7) is 6.10. The number of halogens is 2. The molecule has 2 nitrogen and oxygen atoms in total. The summed E-state index contributed by atoms with van der Waals surface area (Å²) in [5.74, 6) is -1.69. The third kappa shape index (κ3) is 3.50. The van der Waals surface area contributed by atoms with E-state index in [0.29, 0.717) is 12.1 Å². The first kappa shape index (κ1) is 13.6. The van der Waals surface area contributed by atoms with Gasteiger partial charge >= 0.3 is 0 Å². The lowest BCUT2D eigenvalue weighted by Crippen LogP contribution is -2.37. The number of rotatable bonds is 4. The van der Waals surface area contributed by atoms with Crippen molar-refractivity contribution >= 4 is 0 Å². The molecule has 4 heteroatoms. The molecule has 0 saturated heterocycles. The van der Waals surface area contributed by atoms with Gasteiger partial charge in [-0.15, -0.1) is 0 Å². The van der Waals surface area contributed by atoms with Crippen LogP contribution in [0.3, 0.4) is 0 Å². The number of nitrogens with zero attached hydrogens (tertiary/aromatic N) is 1. The highest BCUT2D eigenvalue weighted by Gasteiger charge is 2.22. The highest BCUT2D eigenvalue weighted by Crippen LogP contribution is 2.24. The van der Waals surface area contributed by atoms with Gasteiger partial charge in [-0.05, 0) is 24.6 Å². The van der Waals surface area contributed by atoms with Crippen LogP contribution in [0.2, 0.25) is 0 Å². The standard InChI is InChI=1S/C13H16F2N2/c1-9(7-16)17-8-13(2,3)10-4-5-11(14)12(15)6-10/h4-6,9,17H,8H2,1-3H3. The molecule has 0 aliphatic carbocycles. The van der Waals surface area contributed by atoms with Crippen molar-refractivity contribution in [3.05, 3.63) is 35.4 Å². The minimum atomic E-state index is -0.845. The second-order valence-electron chi connectivity index (χ2n) is 4.74. The highest BCUT2D eigenvalue weighted by molar-refractivity contribution is 5.25. The van der Waals surface area contributed by atoms with E-state index < -0.39 is 11.6 Å². The van der Waals surface area contributed by atoms with Crippen molar-refractivity contribution in [1.82, 2.24) is 5.32 Å². The summed E-state index contributed by atoms with van der Waals surface area (Å²) in [7, 11) is 0. The molecule has 0 amide bonds. The number of benzene rings is 1. The topological polar surface area (TPSA) is 35.8 Å². The van der Waals surface area contributed by atoms with Crippen molar-refractivity contribution in [2.45, 2.75) is 32.2 Å². The SMILES string of the molecule is CC(C#N)NCC(C)(C)c1ccc(F)c(F)c1. The molecule has 0 saturated carbocycles. The normalized spacial score (nSPS) is 13.2. The van der Waals surface area contributed by atoms with Gasteiger partial charge in [0.15, 0.2) is 11.6 Å². The molecular weight excluding hydrogens is 222 g/mol. The second-order valence-corrected chi connectivity index (χ2v) is 4.74. The van der Waals surface area contributed by atoms with Crippen LogP contribution in [0.4, 0.5) is 8.78 Å². The first-order valence-electron chi connectivity index (χ1n) is 5.45. The zero-order valence-electron chi connectivity index (χ0n) is 10.2. The monoisotopic (exact) mass is 238 g/mol. The van der Waals surface area contributed by atoms with Gasteiger partial charge < -0.3 is 5.32 Å². The zero-order valence-corrected chi connectivity index (χ0v) is 10.2. The molecule has 0 radical (unpaired) electrons. The average molecular weight is 238 g/mol. The maximum absolute atomic E-state index is 13.1. The Morgan fingerprint density at radius 3 is 2.53 bits per heavy atom. The van der Waals surface area contributed by atoms with Crippen molar-refractivity contribution in [3.8, 4) is 6.07 Å². The van der Waals surface area contributed by atoms with Gasteiger partial charge in [-0.1, -0.05) is 19.9 Å². The zero-order chi connectivity index (χ0) is 13.1. The molecule has 0 heterocycles. The van der Waals surface area contributed by atoms with E-state index in [9.17, 15) is 8.78 Å². The Kier molecular flexibility index (Phi) is 4.19. The summed E-state index contributed by atoms with van der Waals surface area (Å²) >= 11 is 0. The van der Waals surface area contributed by atoms with E-state index in [2.05, 4.69) is 11.4 Å². The third-order valence-electron chi connectivity index (χ3n) is 2.74. The molecule has 0 bridgehead atoms. The molecule has 0 aliphatic heterocycles. The first-order chi connectivity index (χ1) is 7.86. The lowest BCUT2D eigenvalue weighted by Gasteiger charge is -2.26. The quantitative estimate of drug-likeness (QED) is 0.875. The molecular formula is C13H16F2N2. The van der Waals surface area contributed by atoms with E-state index in [1.807, 2.05) is 13.8 Å². The molecule has 0 aromatic heterocycles. The van der Waals surface area contributed by atoms with Gasteiger partial charge in [-0.2, -0.15) is 5.26 Å². The molecule has 1 unspecified atom stereocenters. The highest BCUT2D eigenvalue weighted by atomic mass is 19.2. The second kappa shape index (κ2) is 5.24. The third-order valence-corrected chi connectivity index (χ3v) is 2.74. The fraction of sp³-hybridized carbons (Fsp3) is 0.462. The van der Waals surface area contributed by atoms with Gasteiger partial charge in [-0.3, -0.25) is 0 Å². The Hall–Kier alpha value is -1.47. The number of nitriles is 1. The summed E-state index contributed by atoms with van der Waals surface area (Å²) in [6, 6.07) is 5.69. The van der Waals surface area contributed by atoms with Crippen LogP contribution in [0.1, 0.15) is 26.3 Å². The lowest BCUT2D eigenvalue weighted by atomic mass is 9.84. The van der Waals surface area contributed by atoms with Crippen LogP contribution in [0, 0.1) is 23.0 Å². The molecule has 92 valence electrons. The van der Waals surface area contributed by atoms with Gasteiger partial charge in [0.1, 0.15) is 0 Å². The number of hydrogen-bond donors (Lipinski definition) is 1. The van der Waals surface area contributed by atoms with Crippen molar-refractivity contribution < 1.29 is 8.78 Å². The minimum Gasteiger partial charge on any atom is -0.301 e. The van der Waals surface area contributed by atoms with Gasteiger partial charge in [0, 0.05) is 12.0 Å². The average Bonchev–Trinajstić information content (AvgIpc) is 2.29. The Bertz CT molecular complexity index is 436. The van der Waals surface area contributed by atoms with Crippen LogP contribution in [0.15, 0.2) is 18.2 Å². The minimum absolute atomic E-state index is 0.264. The summed E-state index contributed by atoms with van der Waals surface area (Å²) in [5, 5.41) is 11.7. The van der Waals surface area contributed by atoms with Crippen molar-refractivity contribution in [1.29, 1.82) is 5.26 Å². The fourth-order valence-corrected chi connectivity index (χ4v) is 1.47. The Morgan fingerprint density at radius 2 is 2.00 bits per heavy atom. The van der Waals surface area contributed by atoms with E-state index in [-0.39, 0.29) is 11.5 Å². The van der Waals surface area contributed by atoms with Crippen molar-refractivity contribution in [2.75, 3.05) is 6.54 Å². The van der Waals surface area contributed by atoms with Crippen molar-refractivity contribution in [2.24, 2.45) is 0 Å². The van der Waals surface area contributed by atoms with Gasteiger partial charge in [-0.25, -0.2) is 8.78 Å². The van der Waals surface area contributed by atoms with E-state index in [0.717, 1.165) is 6.07 Å². The summed E-state index contributed by atoms with van der Waals surface area (Å²) < 4.78 is 25.9. The van der Waals surface area contributed by atoms with Crippen LogP contribution in [0.25, 0.3) is 0 Å². The number of hydrogen-bond acceptors (Lipinski definition) is 2. The Labute approximate surface area is 100 Å². The van der Waals surface area contributed by atoms with Gasteiger partial charge in [0.05, 0.1) is 12.1 Å². The van der Waals surface area contributed by atoms with Crippen LogP contribution in [0.5, 0.6) is 0 Å². The first-order valence-corrected chi connectivity index (χ1v) is 5.45. The smallest absolute Gasteiger partial charge is 0.159 e. The summed E-state index contributed by atoms with van der Waals surface area (Å²) in [5.41, 5.74) is 0.341. The van der Waals surface area contributed by atoms with Crippen LogP contribution < -0.4 is 5.32 Å². The molecule has 1 aromatic rings. The van der Waals surface area contributed by atoms with Crippen LogP contribution >= 0.6 is 0 Å². The number of nitrogens with one attached hydrogen (secondary N) is 1. The van der Waals surface area contributed by atoms with E-state index in [1.165, 1.54) is 6.07 Å². The summed E-state index contributed by atoms with van der Waals surface area (Å²) in [6.07, 6.45) is 0. The fourth-order valence-electron chi connectivity index (χ4n) is 1.47. The van der Waals surface area contributed by atoms with E-state index in [1.54, 1.807) is 13.0 Å². The molecule has 1 aromatic carbocycles. The largest absolute Gasteiger partial charge is 0.301 e. The lowest BCUT2D eigenvalue weighted by molar-refractivity contribution is 0.448. The molecule has 0 aliphatic rings. The van der Waals surface area contributed by atoms with Crippen molar-refractivity contribution in [3.63, 3.8) is 0 Å².